The Hall–Kier alpha value is -3.14. The largest absolute Gasteiger partial charge is 0.497 e. The molecule has 0 unspecified atom stereocenters. The van der Waals surface area contributed by atoms with Gasteiger partial charge in [0.1, 0.15) is 23.6 Å². The lowest BCUT2D eigenvalue weighted by Gasteiger charge is -2.35. The van der Waals surface area contributed by atoms with E-state index < -0.39 is 17.5 Å². The minimum Gasteiger partial charge on any atom is -0.497 e. The summed E-state index contributed by atoms with van der Waals surface area (Å²) in [6.45, 7) is -0.332. The third-order valence-electron chi connectivity index (χ3n) is 6.22. The zero-order chi connectivity index (χ0) is 22.9. The number of nitrogens with zero attached hydrogens (tertiary/aromatic N) is 3. The van der Waals surface area contributed by atoms with Crippen molar-refractivity contribution in [3.8, 4) is 22.8 Å². The summed E-state index contributed by atoms with van der Waals surface area (Å²) in [6.07, 6.45) is 4.15. The first kappa shape index (κ1) is 22.1. The number of thiazole rings is 1. The zero-order valence-electron chi connectivity index (χ0n) is 18.3. The highest BCUT2D eigenvalue weighted by molar-refractivity contribution is 7.14. The van der Waals surface area contributed by atoms with Gasteiger partial charge in [0.15, 0.2) is 5.13 Å². The molecule has 2 heterocycles. The van der Waals surface area contributed by atoms with Crippen molar-refractivity contribution in [2.45, 2.75) is 37.6 Å². The number of hydrogen-bond donors (Lipinski definition) is 1. The first-order valence-electron chi connectivity index (χ1n) is 10.5. The van der Waals surface area contributed by atoms with E-state index in [0.29, 0.717) is 35.2 Å². The number of ether oxygens (including phenoxy) is 2. The number of carbonyl (C=O) groups excluding carboxylic acids is 3. The predicted molar refractivity (Wildman–Crippen MR) is 120 cm³/mol. The van der Waals surface area contributed by atoms with E-state index >= 15 is 0 Å². The SMILES string of the molecule is COc1ccc(OC)c(-c2csc(NC(=O)CN3C(=O)N(C)C4(CCCCC4)C3=O)n2)c1. The molecule has 0 radical (unpaired) electrons. The van der Waals surface area contributed by atoms with Crippen LogP contribution in [0.15, 0.2) is 23.6 Å². The molecule has 170 valence electrons. The molecule has 10 heteroatoms. The van der Waals surface area contributed by atoms with E-state index in [9.17, 15) is 14.4 Å². The fourth-order valence-electron chi connectivity index (χ4n) is 4.44. The van der Waals surface area contributed by atoms with Gasteiger partial charge in [0.25, 0.3) is 5.91 Å². The molecule has 1 aromatic heterocycles. The lowest BCUT2D eigenvalue weighted by Crippen LogP contribution is -2.49. The highest BCUT2D eigenvalue weighted by Crippen LogP contribution is 2.39. The van der Waals surface area contributed by atoms with Crippen LogP contribution in [0, 0.1) is 0 Å². The van der Waals surface area contributed by atoms with Crippen molar-refractivity contribution in [3.05, 3.63) is 23.6 Å². The summed E-state index contributed by atoms with van der Waals surface area (Å²) in [4.78, 5) is 45.5. The summed E-state index contributed by atoms with van der Waals surface area (Å²) in [5, 5.41) is 4.87. The Balaban J connectivity index is 1.46. The highest BCUT2D eigenvalue weighted by Gasteiger charge is 2.55. The second kappa shape index (κ2) is 8.78. The molecule has 4 amide bonds. The van der Waals surface area contributed by atoms with E-state index in [1.165, 1.54) is 16.2 Å². The molecule has 0 atom stereocenters. The quantitative estimate of drug-likeness (QED) is 0.666. The third kappa shape index (κ3) is 3.79. The molecule has 2 aromatic rings. The van der Waals surface area contributed by atoms with Gasteiger partial charge < -0.3 is 19.7 Å². The van der Waals surface area contributed by atoms with Crippen LogP contribution >= 0.6 is 11.3 Å². The Bertz CT molecular complexity index is 1050. The summed E-state index contributed by atoms with van der Waals surface area (Å²) in [5.74, 6) is 0.543. The number of methoxy groups -OCH3 is 2. The summed E-state index contributed by atoms with van der Waals surface area (Å²) in [7, 11) is 4.80. The number of nitrogens with one attached hydrogen (secondary N) is 1. The number of anilines is 1. The van der Waals surface area contributed by atoms with Gasteiger partial charge in [-0.2, -0.15) is 0 Å². The number of urea groups is 1. The van der Waals surface area contributed by atoms with Crippen LogP contribution in [0.25, 0.3) is 11.3 Å². The molecule has 1 aliphatic carbocycles. The minimum atomic E-state index is -0.799. The van der Waals surface area contributed by atoms with E-state index in [-0.39, 0.29) is 12.5 Å². The van der Waals surface area contributed by atoms with Crippen molar-refractivity contribution in [1.29, 1.82) is 0 Å². The maximum atomic E-state index is 13.1. The molecular weight excluding hydrogens is 432 g/mol. The van der Waals surface area contributed by atoms with Crippen molar-refractivity contribution in [2.75, 3.05) is 33.1 Å². The number of benzene rings is 1. The number of imide groups is 1. The first-order valence-corrected chi connectivity index (χ1v) is 11.3. The Morgan fingerprint density at radius 2 is 1.94 bits per heavy atom. The van der Waals surface area contributed by atoms with Gasteiger partial charge in [-0.1, -0.05) is 19.3 Å². The maximum Gasteiger partial charge on any atom is 0.327 e. The van der Waals surface area contributed by atoms with Crippen LogP contribution in [0.4, 0.5) is 9.93 Å². The van der Waals surface area contributed by atoms with Crippen LogP contribution in [0.5, 0.6) is 11.5 Å². The van der Waals surface area contributed by atoms with Crippen LogP contribution in [-0.2, 0) is 9.59 Å². The average molecular weight is 459 g/mol. The number of aromatic nitrogens is 1. The van der Waals surface area contributed by atoms with Crippen LogP contribution in [0.1, 0.15) is 32.1 Å². The zero-order valence-corrected chi connectivity index (χ0v) is 19.2. The van der Waals surface area contributed by atoms with Crippen molar-refractivity contribution in [1.82, 2.24) is 14.8 Å². The van der Waals surface area contributed by atoms with Gasteiger partial charge in [-0.3, -0.25) is 14.5 Å². The standard InChI is InChI=1S/C22H26N4O5S/c1-25-21(29)26(19(28)22(25)9-5-4-6-10-22)12-18(27)24-20-23-16(13-32-20)15-11-14(30-2)7-8-17(15)31-3/h7-8,11,13H,4-6,9-10,12H2,1-3H3,(H,23,24,27). The fraction of sp³-hybridized carbons (Fsp3) is 0.455. The van der Waals surface area contributed by atoms with Crippen LogP contribution < -0.4 is 14.8 Å². The lowest BCUT2D eigenvalue weighted by molar-refractivity contribution is -0.136. The summed E-state index contributed by atoms with van der Waals surface area (Å²) >= 11 is 1.25. The van der Waals surface area contributed by atoms with E-state index in [1.54, 1.807) is 44.8 Å². The lowest BCUT2D eigenvalue weighted by atomic mass is 9.81. The topological polar surface area (TPSA) is 101 Å². The highest BCUT2D eigenvalue weighted by atomic mass is 32.1. The Kier molecular flexibility index (Phi) is 6.05. The molecule has 2 fully saturated rings. The van der Waals surface area contributed by atoms with E-state index in [1.807, 2.05) is 0 Å². The van der Waals surface area contributed by atoms with Gasteiger partial charge in [-0.25, -0.2) is 9.78 Å². The maximum absolute atomic E-state index is 13.1. The van der Waals surface area contributed by atoms with Crippen molar-refractivity contribution in [2.24, 2.45) is 0 Å². The van der Waals surface area contributed by atoms with Crippen LogP contribution in [-0.4, -0.2) is 66.0 Å². The number of amides is 4. The molecule has 1 N–H and O–H groups in total. The fourth-order valence-corrected chi connectivity index (χ4v) is 5.17. The summed E-state index contributed by atoms with van der Waals surface area (Å²) < 4.78 is 10.7. The number of carbonyl (C=O) groups is 3. The molecule has 1 saturated carbocycles. The van der Waals surface area contributed by atoms with Crippen LogP contribution in [0.2, 0.25) is 0 Å². The monoisotopic (exact) mass is 458 g/mol. The Morgan fingerprint density at radius 1 is 1.19 bits per heavy atom. The molecule has 1 spiro atoms. The summed E-state index contributed by atoms with van der Waals surface area (Å²) in [5.41, 5.74) is 0.553. The first-order chi connectivity index (χ1) is 15.4. The smallest absolute Gasteiger partial charge is 0.327 e. The normalized spacial score (nSPS) is 17.7. The summed E-state index contributed by atoms with van der Waals surface area (Å²) in [6, 6.07) is 4.96. The van der Waals surface area contributed by atoms with Crippen molar-refractivity contribution >= 4 is 34.3 Å². The van der Waals surface area contributed by atoms with Gasteiger partial charge in [-0.15, -0.1) is 11.3 Å². The van der Waals surface area contributed by atoms with Gasteiger partial charge in [-0.05, 0) is 31.0 Å². The van der Waals surface area contributed by atoms with Gasteiger partial charge >= 0.3 is 6.03 Å². The molecule has 1 aromatic carbocycles. The molecule has 4 rings (SSSR count). The molecular formula is C22H26N4O5S. The predicted octanol–water partition coefficient (Wildman–Crippen LogP) is 3.36. The van der Waals surface area contributed by atoms with Crippen molar-refractivity contribution < 1.29 is 23.9 Å². The van der Waals surface area contributed by atoms with Gasteiger partial charge in [0.05, 0.1) is 19.9 Å². The van der Waals surface area contributed by atoms with E-state index in [4.69, 9.17) is 9.47 Å². The molecule has 9 nitrogen and oxygen atoms in total. The molecule has 32 heavy (non-hydrogen) atoms. The van der Waals surface area contributed by atoms with Crippen LogP contribution in [0.3, 0.4) is 0 Å². The molecule has 1 saturated heterocycles. The average Bonchev–Trinajstić information content (AvgIpc) is 3.34. The minimum absolute atomic E-state index is 0.277. The third-order valence-corrected chi connectivity index (χ3v) is 6.98. The molecule has 2 aliphatic rings. The van der Waals surface area contributed by atoms with Gasteiger partial charge in [0, 0.05) is 18.0 Å². The second-order valence-electron chi connectivity index (χ2n) is 7.98. The Morgan fingerprint density at radius 3 is 2.62 bits per heavy atom. The number of hydrogen-bond acceptors (Lipinski definition) is 7. The molecule has 0 bridgehead atoms. The van der Waals surface area contributed by atoms with E-state index in [2.05, 4.69) is 10.3 Å². The van der Waals surface area contributed by atoms with Crippen molar-refractivity contribution in [3.63, 3.8) is 0 Å². The van der Waals surface area contributed by atoms with Gasteiger partial charge in [0.2, 0.25) is 5.91 Å². The second-order valence-corrected chi connectivity index (χ2v) is 8.84. The van der Waals surface area contributed by atoms with E-state index in [0.717, 1.165) is 29.7 Å². The number of rotatable bonds is 6. The number of likely N-dealkylation sites (N-methyl/N-ethyl adjacent to an activating group) is 1. The molecule has 1 aliphatic heterocycles. The Labute approximate surface area is 190 Å².